The maximum Gasteiger partial charge on any atom is 0.268 e. The van der Waals surface area contributed by atoms with Crippen molar-refractivity contribution in [1.29, 1.82) is 5.26 Å². The van der Waals surface area contributed by atoms with Crippen LogP contribution in [0.25, 0.3) is 27.3 Å². The zero-order valence-electron chi connectivity index (χ0n) is 18.2. The predicted octanol–water partition coefficient (Wildman–Crippen LogP) is 5.42. The minimum Gasteiger partial charge on any atom is -0.305 e. The molecule has 34 heavy (non-hydrogen) atoms. The molecule has 0 spiro atoms. The van der Waals surface area contributed by atoms with Crippen molar-refractivity contribution in [2.45, 2.75) is 13.8 Å². The summed E-state index contributed by atoms with van der Waals surface area (Å²) >= 11 is 1.19. The van der Waals surface area contributed by atoms with E-state index in [-0.39, 0.29) is 17.2 Å². The lowest BCUT2D eigenvalue weighted by molar-refractivity contribution is 0.102. The van der Waals surface area contributed by atoms with E-state index in [4.69, 9.17) is 0 Å². The fourth-order valence-electron chi connectivity index (χ4n) is 3.65. The zero-order chi connectivity index (χ0) is 23.8. The Morgan fingerprint density at radius 2 is 1.88 bits per heavy atom. The summed E-state index contributed by atoms with van der Waals surface area (Å²) in [6.45, 7) is 3.70. The van der Waals surface area contributed by atoms with Gasteiger partial charge in [0.1, 0.15) is 27.3 Å². The first-order chi connectivity index (χ1) is 16.4. The van der Waals surface area contributed by atoms with E-state index in [1.807, 2.05) is 37.3 Å². The van der Waals surface area contributed by atoms with Gasteiger partial charge in [0.25, 0.3) is 5.91 Å². The third-order valence-electron chi connectivity index (χ3n) is 5.34. The first-order valence-electron chi connectivity index (χ1n) is 10.3. The van der Waals surface area contributed by atoms with Crippen molar-refractivity contribution in [2.24, 2.45) is 0 Å². The molecule has 3 heterocycles. The maximum atomic E-state index is 13.3. The van der Waals surface area contributed by atoms with E-state index >= 15 is 0 Å². The molecule has 0 saturated carbocycles. The molecule has 0 fully saturated rings. The second-order valence-electron chi connectivity index (χ2n) is 7.64. The van der Waals surface area contributed by atoms with Crippen LogP contribution in [-0.2, 0) is 0 Å². The van der Waals surface area contributed by atoms with Crippen LogP contribution in [0.15, 0.2) is 60.8 Å². The van der Waals surface area contributed by atoms with Crippen LogP contribution in [0.3, 0.4) is 0 Å². The summed E-state index contributed by atoms with van der Waals surface area (Å²) in [4.78, 5) is 22.7. The second kappa shape index (κ2) is 8.50. The third kappa shape index (κ3) is 3.80. The number of aromatic nitrogens is 4. The Bertz CT molecular complexity index is 1600. The number of aryl methyl sites for hydroxylation is 2. The van der Waals surface area contributed by atoms with Crippen molar-refractivity contribution in [1.82, 2.24) is 19.7 Å². The van der Waals surface area contributed by atoms with Gasteiger partial charge in [-0.3, -0.25) is 4.79 Å². The van der Waals surface area contributed by atoms with E-state index in [0.29, 0.717) is 27.0 Å². The average Bonchev–Trinajstić information content (AvgIpc) is 3.42. The van der Waals surface area contributed by atoms with Gasteiger partial charge in [0.05, 0.1) is 17.4 Å². The molecule has 0 atom stereocenters. The molecule has 0 unspecified atom stereocenters. The van der Waals surface area contributed by atoms with Crippen LogP contribution >= 0.6 is 11.3 Å². The largest absolute Gasteiger partial charge is 0.305 e. The monoisotopic (exact) mass is 468 g/mol. The summed E-state index contributed by atoms with van der Waals surface area (Å²) in [6.07, 6.45) is 1.39. The van der Waals surface area contributed by atoms with Crippen LogP contribution in [0.1, 0.15) is 26.5 Å². The zero-order valence-corrected chi connectivity index (χ0v) is 19.0. The Hall–Kier alpha value is -4.42. The average molecular weight is 469 g/mol. The number of benzene rings is 2. The van der Waals surface area contributed by atoms with Gasteiger partial charge in [-0.15, -0.1) is 11.3 Å². The normalized spacial score (nSPS) is 10.9. The summed E-state index contributed by atoms with van der Waals surface area (Å²) in [5.74, 6) is -0.0456. The lowest BCUT2D eigenvalue weighted by Crippen LogP contribution is -2.16. The molecule has 0 bridgehead atoms. The van der Waals surface area contributed by atoms with Gasteiger partial charge in [0.2, 0.25) is 0 Å². The molecule has 0 aliphatic carbocycles. The van der Waals surface area contributed by atoms with Gasteiger partial charge in [-0.1, -0.05) is 18.2 Å². The summed E-state index contributed by atoms with van der Waals surface area (Å²) in [6, 6.07) is 17.6. The number of fused-ring (bicyclic) bond motifs is 1. The van der Waals surface area contributed by atoms with Crippen LogP contribution in [-0.4, -0.2) is 25.7 Å². The lowest BCUT2D eigenvalue weighted by Gasteiger charge is -2.11. The standard InChI is InChI=1S/C25H17FN6OS/c1-14-11-21(30-20-6-4-3-5-19(14)20)32-23(17(12-27)13-28-32)31-24(33)22-15(2)29-25(34-22)16-7-9-18(26)10-8-16/h3-11,13H,1-2H3,(H,31,33). The molecular weight excluding hydrogens is 451 g/mol. The fraction of sp³-hybridized carbons (Fsp3) is 0.0800. The molecule has 166 valence electrons. The summed E-state index contributed by atoms with van der Waals surface area (Å²) in [5, 5.41) is 18.3. The number of hydrogen-bond acceptors (Lipinski definition) is 6. The van der Waals surface area contributed by atoms with Crippen LogP contribution in [0.5, 0.6) is 0 Å². The van der Waals surface area contributed by atoms with Crippen LogP contribution in [0, 0.1) is 31.0 Å². The minimum atomic E-state index is -0.417. The number of thiazole rings is 1. The summed E-state index contributed by atoms with van der Waals surface area (Å²) < 4.78 is 14.7. The van der Waals surface area contributed by atoms with Crippen molar-refractivity contribution in [3.8, 4) is 22.5 Å². The quantitative estimate of drug-likeness (QED) is 0.380. The Morgan fingerprint density at radius 1 is 1.12 bits per heavy atom. The van der Waals surface area contributed by atoms with Gasteiger partial charge in [-0.2, -0.15) is 15.0 Å². The number of pyridine rings is 1. The summed E-state index contributed by atoms with van der Waals surface area (Å²) in [5.41, 5.74) is 3.24. The molecule has 9 heteroatoms. The van der Waals surface area contributed by atoms with Gasteiger partial charge >= 0.3 is 0 Å². The van der Waals surface area contributed by atoms with E-state index in [1.165, 1.54) is 34.3 Å². The molecular formula is C25H17FN6OS. The Balaban J connectivity index is 1.52. The molecule has 0 radical (unpaired) electrons. The van der Waals surface area contributed by atoms with E-state index in [9.17, 15) is 14.4 Å². The molecule has 2 aromatic carbocycles. The molecule has 7 nitrogen and oxygen atoms in total. The number of nitriles is 1. The first-order valence-corrected chi connectivity index (χ1v) is 11.2. The highest BCUT2D eigenvalue weighted by Crippen LogP contribution is 2.30. The Labute approximate surface area is 198 Å². The number of nitrogens with zero attached hydrogens (tertiary/aromatic N) is 5. The van der Waals surface area contributed by atoms with Gasteiger partial charge in [-0.05, 0) is 55.8 Å². The maximum absolute atomic E-state index is 13.3. The van der Waals surface area contributed by atoms with E-state index in [1.54, 1.807) is 19.1 Å². The smallest absolute Gasteiger partial charge is 0.268 e. The third-order valence-corrected chi connectivity index (χ3v) is 6.55. The van der Waals surface area contributed by atoms with Crippen LogP contribution < -0.4 is 5.32 Å². The number of nitrogens with one attached hydrogen (secondary N) is 1. The van der Waals surface area contributed by atoms with Crippen molar-refractivity contribution in [2.75, 3.05) is 5.32 Å². The molecule has 0 saturated heterocycles. The topological polar surface area (TPSA) is 96.5 Å². The van der Waals surface area contributed by atoms with Crippen molar-refractivity contribution in [3.05, 3.63) is 88.3 Å². The van der Waals surface area contributed by atoms with Crippen molar-refractivity contribution in [3.63, 3.8) is 0 Å². The van der Waals surface area contributed by atoms with Gasteiger partial charge in [-0.25, -0.2) is 14.4 Å². The number of hydrogen-bond donors (Lipinski definition) is 1. The Morgan fingerprint density at radius 3 is 2.65 bits per heavy atom. The van der Waals surface area contributed by atoms with Crippen molar-refractivity contribution < 1.29 is 9.18 Å². The molecule has 1 N–H and O–H groups in total. The highest BCUT2D eigenvalue weighted by Gasteiger charge is 2.21. The lowest BCUT2D eigenvalue weighted by atomic mass is 10.1. The fourth-order valence-corrected chi connectivity index (χ4v) is 4.62. The number of amides is 1. The van der Waals surface area contributed by atoms with E-state index < -0.39 is 5.91 Å². The SMILES string of the molecule is Cc1nc(-c2ccc(F)cc2)sc1C(=O)Nc1c(C#N)cnn1-c1cc(C)c2ccccc2n1. The number of rotatable bonds is 4. The highest BCUT2D eigenvalue weighted by atomic mass is 32.1. The molecule has 5 rings (SSSR count). The van der Waals surface area contributed by atoms with Crippen LogP contribution in [0.4, 0.5) is 10.2 Å². The number of anilines is 1. The Kier molecular flexibility index (Phi) is 5.36. The second-order valence-corrected chi connectivity index (χ2v) is 8.64. The number of halogens is 1. The molecule has 5 aromatic rings. The molecule has 3 aromatic heterocycles. The van der Waals surface area contributed by atoms with E-state index in [0.717, 1.165) is 16.5 Å². The van der Waals surface area contributed by atoms with E-state index in [2.05, 4.69) is 26.5 Å². The minimum absolute atomic E-state index is 0.210. The van der Waals surface area contributed by atoms with Crippen molar-refractivity contribution >= 4 is 34.0 Å². The number of para-hydroxylation sites is 1. The molecule has 0 aliphatic heterocycles. The van der Waals surface area contributed by atoms with Crippen LogP contribution in [0.2, 0.25) is 0 Å². The number of carbonyl (C=O) groups is 1. The van der Waals surface area contributed by atoms with Gasteiger partial charge in [0, 0.05) is 10.9 Å². The van der Waals surface area contributed by atoms with Gasteiger partial charge < -0.3 is 5.32 Å². The highest BCUT2D eigenvalue weighted by molar-refractivity contribution is 7.17. The summed E-state index contributed by atoms with van der Waals surface area (Å²) in [7, 11) is 0. The molecule has 1 amide bonds. The first kappa shape index (κ1) is 21.4. The number of carbonyl (C=O) groups excluding carboxylic acids is 1. The predicted molar refractivity (Wildman–Crippen MR) is 129 cm³/mol. The molecule has 0 aliphatic rings. The van der Waals surface area contributed by atoms with Gasteiger partial charge in [0.15, 0.2) is 11.6 Å².